The topological polar surface area (TPSA) is 52.5 Å². The number of fused-ring (bicyclic) bond motifs is 1. The summed E-state index contributed by atoms with van der Waals surface area (Å²) in [5, 5.41) is 22.5. The minimum absolute atomic E-state index is 0.0327. The predicted octanol–water partition coefficient (Wildman–Crippen LogP) is 2.51. The van der Waals surface area contributed by atoms with E-state index in [0.29, 0.717) is 25.1 Å². The highest BCUT2D eigenvalue weighted by Crippen LogP contribution is 2.38. The third-order valence-electron chi connectivity index (χ3n) is 3.83. The predicted molar refractivity (Wildman–Crippen MR) is 74.6 cm³/mol. The molecule has 2 aromatic rings. The number of halogens is 1. The van der Waals surface area contributed by atoms with Crippen molar-refractivity contribution in [1.29, 1.82) is 0 Å². The number of hydrogen-bond donors (Lipinski definition) is 3. The van der Waals surface area contributed by atoms with Crippen molar-refractivity contribution in [2.45, 2.75) is 12.3 Å². The third-order valence-corrected chi connectivity index (χ3v) is 3.83. The van der Waals surface area contributed by atoms with Crippen LogP contribution >= 0.6 is 0 Å². The van der Waals surface area contributed by atoms with E-state index < -0.39 is 17.3 Å². The van der Waals surface area contributed by atoms with Gasteiger partial charge in [0.15, 0.2) is 17.3 Å². The summed E-state index contributed by atoms with van der Waals surface area (Å²) in [6.45, 7) is 1.33. The van der Waals surface area contributed by atoms with Crippen molar-refractivity contribution in [2.24, 2.45) is 0 Å². The zero-order chi connectivity index (χ0) is 14.1. The first-order valence-electron chi connectivity index (χ1n) is 6.67. The van der Waals surface area contributed by atoms with E-state index in [-0.39, 0.29) is 5.92 Å². The number of hydrogen-bond acceptors (Lipinski definition) is 3. The average molecular weight is 273 g/mol. The highest BCUT2D eigenvalue weighted by molar-refractivity contribution is 5.51. The minimum Gasteiger partial charge on any atom is -0.504 e. The van der Waals surface area contributed by atoms with Crippen molar-refractivity contribution in [1.82, 2.24) is 5.32 Å². The molecule has 0 fully saturated rings. The number of phenols is 2. The number of aromatic hydroxyl groups is 2. The molecule has 1 heterocycles. The molecule has 0 aliphatic carbocycles. The fourth-order valence-electron chi connectivity index (χ4n) is 2.80. The van der Waals surface area contributed by atoms with Crippen LogP contribution in [-0.2, 0) is 6.42 Å². The summed E-state index contributed by atoms with van der Waals surface area (Å²) in [6.07, 6.45) is 0.498. The summed E-state index contributed by atoms with van der Waals surface area (Å²) < 4.78 is 14.2. The first-order chi connectivity index (χ1) is 9.68. The van der Waals surface area contributed by atoms with Gasteiger partial charge in [-0.05, 0) is 35.7 Å². The summed E-state index contributed by atoms with van der Waals surface area (Å²) in [5.41, 5.74) is 2.29. The molecule has 1 atom stereocenters. The smallest absolute Gasteiger partial charge is 0.194 e. The van der Waals surface area contributed by atoms with Gasteiger partial charge in [0, 0.05) is 12.5 Å². The molecule has 0 saturated carbocycles. The van der Waals surface area contributed by atoms with Crippen LogP contribution in [0.4, 0.5) is 4.39 Å². The molecule has 20 heavy (non-hydrogen) atoms. The second-order valence-electron chi connectivity index (χ2n) is 5.04. The molecule has 0 bridgehead atoms. The van der Waals surface area contributed by atoms with Crippen LogP contribution in [0.5, 0.6) is 11.5 Å². The van der Waals surface area contributed by atoms with Gasteiger partial charge in [-0.15, -0.1) is 0 Å². The van der Waals surface area contributed by atoms with Gasteiger partial charge in [0.05, 0.1) is 0 Å². The van der Waals surface area contributed by atoms with E-state index in [2.05, 4.69) is 5.32 Å². The Morgan fingerprint density at radius 2 is 1.90 bits per heavy atom. The Morgan fingerprint density at radius 1 is 1.15 bits per heavy atom. The van der Waals surface area contributed by atoms with Gasteiger partial charge < -0.3 is 15.5 Å². The molecular weight excluding hydrogens is 257 g/mol. The van der Waals surface area contributed by atoms with Crippen molar-refractivity contribution < 1.29 is 14.6 Å². The maximum absolute atomic E-state index is 14.2. The Bertz CT molecular complexity index is 628. The SMILES string of the molecule is Oc1cc2c(c(F)c1O)CCNCC2c1ccccc1. The molecule has 0 amide bonds. The summed E-state index contributed by atoms with van der Waals surface area (Å²) >= 11 is 0. The maximum atomic E-state index is 14.2. The fraction of sp³-hybridized carbons (Fsp3) is 0.250. The largest absolute Gasteiger partial charge is 0.504 e. The van der Waals surface area contributed by atoms with E-state index in [1.807, 2.05) is 30.3 Å². The molecular formula is C16H16FNO2. The van der Waals surface area contributed by atoms with Crippen LogP contribution < -0.4 is 5.32 Å². The highest BCUT2D eigenvalue weighted by Gasteiger charge is 2.25. The molecule has 3 nitrogen and oxygen atoms in total. The zero-order valence-electron chi connectivity index (χ0n) is 10.9. The van der Waals surface area contributed by atoms with Crippen LogP contribution in [0.25, 0.3) is 0 Å². The second-order valence-corrected chi connectivity index (χ2v) is 5.04. The van der Waals surface area contributed by atoms with E-state index in [1.165, 1.54) is 6.07 Å². The molecule has 0 saturated heterocycles. The Kier molecular flexibility index (Phi) is 3.32. The molecule has 0 spiro atoms. The monoisotopic (exact) mass is 273 g/mol. The van der Waals surface area contributed by atoms with Gasteiger partial charge in [-0.1, -0.05) is 30.3 Å². The van der Waals surface area contributed by atoms with E-state index in [9.17, 15) is 14.6 Å². The first-order valence-corrected chi connectivity index (χ1v) is 6.67. The lowest BCUT2D eigenvalue weighted by Gasteiger charge is -2.19. The minimum atomic E-state index is -0.704. The van der Waals surface area contributed by atoms with E-state index >= 15 is 0 Å². The molecule has 3 rings (SSSR count). The van der Waals surface area contributed by atoms with Crippen molar-refractivity contribution in [3.05, 3.63) is 58.9 Å². The van der Waals surface area contributed by atoms with Crippen molar-refractivity contribution in [3.63, 3.8) is 0 Å². The molecule has 1 aliphatic rings. The Balaban J connectivity index is 2.17. The van der Waals surface area contributed by atoms with Gasteiger partial charge in [-0.2, -0.15) is 0 Å². The molecule has 0 radical (unpaired) electrons. The van der Waals surface area contributed by atoms with Gasteiger partial charge in [0.1, 0.15) is 0 Å². The molecule has 1 unspecified atom stereocenters. The van der Waals surface area contributed by atoms with E-state index in [0.717, 1.165) is 11.1 Å². The second kappa shape index (κ2) is 5.13. The zero-order valence-corrected chi connectivity index (χ0v) is 10.9. The molecule has 0 aromatic heterocycles. The lowest BCUT2D eigenvalue weighted by Crippen LogP contribution is -2.20. The van der Waals surface area contributed by atoms with Gasteiger partial charge in [-0.25, -0.2) is 4.39 Å². The number of phenolic OH excluding ortho intramolecular Hbond substituents is 2. The normalized spacial score (nSPS) is 18.4. The molecule has 1 aliphatic heterocycles. The number of rotatable bonds is 1. The lowest BCUT2D eigenvalue weighted by atomic mass is 9.87. The van der Waals surface area contributed by atoms with E-state index in [4.69, 9.17) is 0 Å². The standard InChI is InChI=1S/C16H16FNO2/c17-15-11-6-7-18-9-13(10-4-2-1-3-5-10)12(11)8-14(19)16(15)20/h1-5,8,13,18-20H,6-7,9H2. The summed E-state index contributed by atoms with van der Waals surface area (Å²) in [7, 11) is 0. The van der Waals surface area contributed by atoms with Crippen LogP contribution in [-0.4, -0.2) is 23.3 Å². The van der Waals surface area contributed by atoms with Crippen LogP contribution in [0, 0.1) is 5.82 Å². The van der Waals surface area contributed by atoms with Crippen molar-refractivity contribution >= 4 is 0 Å². The Labute approximate surface area is 116 Å². The maximum Gasteiger partial charge on any atom is 0.194 e. The third kappa shape index (κ3) is 2.12. The lowest BCUT2D eigenvalue weighted by molar-refractivity contribution is 0.375. The quantitative estimate of drug-likeness (QED) is 0.700. The Hall–Kier alpha value is -2.07. The first kappa shape index (κ1) is 12.9. The molecule has 4 heteroatoms. The van der Waals surface area contributed by atoms with Crippen LogP contribution in [0.15, 0.2) is 36.4 Å². The molecule has 104 valence electrons. The van der Waals surface area contributed by atoms with Crippen molar-refractivity contribution in [3.8, 4) is 11.5 Å². The number of benzene rings is 2. The van der Waals surface area contributed by atoms with Gasteiger partial charge in [-0.3, -0.25) is 0 Å². The average Bonchev–Trinajstić information content (AvgIpc) is 2.68. The highest BCUT2D eigenvalue weighted by atomic mass is 19.1. The van der Waals surface area contributed by atoms with Gasteiger partial charge in [0.2, 0.25) is 0 Å². The summed E-state index contributed by atoms with van der Waals surface area (Å²) in [6, 6.07) is 11.3. The van der Waals surface area contributed by atoms with Gasteiger partial charge in [0.25, 0.3) is 0 Å². The van der Waals surface area contributed by atoms with E-state index in [1.54, 1.807) is 0 Å². The summed E-state index contributed by atoms with van der Waals surface area (Å²) in [5.74, 6) is -1.79. The molecule has 3 N–H and O–H groups in total. The van der Waals surface area contributed by atoms with Crippen molar-refractivity contribution in [2.75, 3.05) is 13.1 Å². The van der Waals surface area contributed by atoms with Crippen LogP contribution in [0.3, 0.4) is 0 Å². The molecule has 2 aromatic carbocycles. The van der Waals surface area contributed by atoms with Gasteiger partial charge >= 0.3 is 0 Å². The number of nitrogens with one attached hydrogen (secondary N) is 1. The van der Waals surface area contributed by atoms with Crippen LogP contribution in [0.2, 0.25) is 0 Å². The Morgan fingerprint density at radius 3 is 2.65 bits per heavy atom. The van der Waals surface area contributed by atoms with Crippen LogP contribution in [0.1, 0.15) is 22.6 Å². The fourth-order valence-corrected chi connectivity index (χ4v) is 2.80. The summed E-state index contributed by atoms with van der Waals surface area (Å²) in [4.78, 5) is 0.